The third-order valence-electron chi connectivity index (χ3n) is 3.20. The molecule has 1 rings (SSSR count). The number of aliphatic hydroxyl groups is 1. The Balaban J connectivity index is 2.46. The van der Waals surface area contributed by atoms with Crippen molar-refractivity contribution < 1.29 is 9.90 Å². The molecule has 0 aliphatic rings. The van der Waals surface area contributed by atoms with Crippen LogP contribution in [0.3, 0.4) is 0 Å². The smallest absolute Gasteiger partial charge is 0.230 e. The molecule has 18 heavy (non-hydrogen) atoms. The predicted molar refractivity (Wildman–Crippen MR) is 75.8 cm³/mol. The summed E-state index contributed by atoms with van der Waals surface area (Å²) in [4.78, 5) is 13.2. The molecule has 1 amide bonds. The minimum absolute atomic E-state index is 0.0147. The van der Waals surface area contributed by atoms with E-state index in [1.807, 2.05) is 45.2 Å². The van der Waals surface area contributed by atoms with Gasteiger partial charge in [-0.25, -0.2) is 0 Å². The monoisotopic (exact) mass is 269 g/mol. The first-order valence-electron chi connectivity index (χ1n) is 6.36. The summed E-state index contributed by atoms with van der Waals surface area (Å²) in [5, 5.41) is 14.6. The standard InChI is InChI=1S/C14H23NO2S/c1-10(2)11(16)7-8-15-13(17)14(3,4)12-6-5-9-18-12/h5-6,9-11,16H,7-8H2,1-4H3,(H,15,17). The zero-order valence-electron chi connectivity index (χ0n) is 11.6. The summed E-state index contributed by atoms with van der Waals surface area (Å²) in [6, 6.07) is 3.94. The lowest BCUT2D eigenvalue weighted by Gasteiger charge is -2.23. The molecule has 3 nitrogen and oxygen atoms in total. The van der Waals surface area contributed by atoms with Crippen molar-refractivity contribution in [3.05, 3.63) is 22.4 Å². The molecule has 0 saturated heterocycles. The molecule has 102 valence electrons. The highest BCUT2D eigenvalue weighted by Crippen LogP contribution is 2.27. The Labute approximate surface area is 113 Å². The average Bonchev–Trinajstić information content (AvgIpc) is 2.82. The highest BCUT2D eigenvalue weighted by molar-refractivity contribution is 7.10. The van der Waals surface area contributed by atoms with Gasteiger partial charge in [-0.05, 0) is 37.6 Å². The van der Waals surface area contributed by atoms with Gasteiger partial charge in [0.2, 0.25) is 5.91 Å². The van der Waals surface area contributed by atoms with Gasteiger partial charge in [0.15, 0.2) is 0 Å². The van der Waals surface area contributed by atoms with E-state index in [-0.39, 0.29) is 17.9 Å². The summed E-state index contributed by atoms with van der Waals surface area (Å²) in [5.41, 5.74) is -0.503. The first-order valence-corrected chi connectivity index (χ1v) is 7.24. The Morgan fingerprint density at radius 3 is 2.67 bits per heavy atom. The highest BCUT2D eigenvalue weighted by Gasteiger charge is 2.30. The van der Waals surface area contributed by atoms with Gasteiger partial charge in [-0.1, -0.05) is 19.9 Å². The zero-order valence-corrected chi connectivity index (χ0v) is 12.4. The molecular formula is C14H23NO2S. The number of carbonyl (C=O) groups excluding carboxylic acids is 1. The van der Waals surface area contributed by atoms with Crippen LogP contribution in [0.1, 0.15) is 39.0 Å². The first-order chi connectivity index (χ1) is 8.35. The minimum Gasteiger partial charge on any atom is -0.393 e. The Morgan fingerprint density at radius 1 is 1.50 bits per heavy atom. The van der Waals surface area contributed by atoms with Crippen LogP contribution in [-0.4, -0.2) is 23.7 Å². The van der Waals surface area contributed by atoms with E-state index in [4.69, 9.17) is 0 Å². The lowest BCUT2D eigenvalue weighted by Crippen LogP contribution is -2.40. The van der Waals surface area contributed by atoms with Crippen molar-refractivity contribution in [2.45, 2.75) is 45.6 Å². The van der Waals surface area contributed by atoms with Crippen molar-refractivity contribution in [3.8, 4) is 0 Å². The summed E-state index contributed by atoms with van der Waals surface area (Å²) in [5.74, 6) is 0.244. The Morgan fingerprint density at radius 2 is 2.17 bits per heavy atom. The predicted octanol–water partition coefficient (Wildman–Crippen LogP) is 2.55. The summed E-state index contributed by atoms with van der Waals surface area (Å²) in [6.07, 6.45) is 0.249. The summed E-state index contributed by atoms with van der Waals surface area (Å²) in [7, 11) is 0. The number of rotatable bonds is 6. The molecule has 0 aromatic carbocycles. The van der Waals surface area contributed by atoms with E-state index in [1.165, 1.54) is 0 Å². The number of hydrogen-bond acceptors (Lipinski definition) is 3. The molecular weight excluding hydrogens is 246 g/mol. The number of thiophene rings is 1. The largest absolute Gasteiger partial charge is 0.393 e. The van der Waals surface area contributed by atoms with Crippen LogP contribution in [0.2, 0.25) is 0 Å². The number of carbonyl (C=O) groups is 1. The molecule has 0 aliphatic heterocycles. The van der Waals surface area contributed by atoms with Crippen molar-refractivity contribution in [3.63, 3.8) is 0 Å². The fourth-order valence-electron chi connectivity index (χ4n) is 1.63. The van der Waals surface area contributed by atoms with Crippen LogP contribution in [0.25, 0.3) is 0 Å². The van der Waals surface area contributed by atoms with E-state index in [1.54, 1.807) is 11.3 Å². The second-order valence-electron chi connectivity index (χ2n) is 5.46. The lowest BCUT2D eigenvalue weighted by atomic mass is 9.90. The van der Waals surface area contributed by atoms with E-state index in [2.05, 4.69) is 5.32 Å². The Kier molecular flexibility index (Phi) is 5.35. The molecule has 1 aromatic rings. The third-order valence-corrected chi connectivity index (χ3v) is 4.39. The van der Waals surface area contributed by atoms with E-state index in [0.717, 1.165) is 4.88 Å². The van der Waals surface area contributed by atoms with Gasteiger partial charge in [0, 0.05) is 11.4 Å². The van der Waals surface area contributed by atoms with E-state index in [9.17, 15) is 9.90 Å². The molecule has 1 atom stereocenters. The van der Waals surface area contributed by atoms with Gasteiger partial charge in [0.05, 0.1) is 11.5 Å². The van der Waals surface area contributed by atoms with Gasteiger partial charge in [0.25, 0.3) is 0 Å². The van der Waals surface area contributed by atoms with Crippen LogP contribution < -0.4 is 5.32 Å². The molecule has 1 aromatic heterocycles. The van der Waals surface area contributed by atoms with Crippen LogP contribution in [-0.2, 0) is 10.2 Å². The zero-order chi connectivity index (χ0) is 13.8. The lowest BCUT2D eigenvalue weighted by molar-refractivity contribution is -0.125. The second kappa shape index (κ2) is 6.34. The molecule has 0 saturated carbocycles. The molecule has 1 unspecified atom stereocenters. The van der Waals surface area contributed by atoms with E-state index >= 15 is 0 Å². The molecule has 0 fully saturated rings. The van der Waals surface area contributed by atoms with Crippen LogP contribution in [0.4, 0.5) is 0 Å². The number of aliphatic hydroxyl groups excluding tert-OH is 1. The van der Waals surface area contributed by atoms with Crippen LogP contribution >= 0.6 is 11.3 Å². The molecule has 0 radical (unpaired) electrons. The quantitative estimate of drug-likeness (QED) is 0.834. The van der Waals surface area contributed by atoms with Crippen LogP contribution in [0.15, 0.2) is 17.5 Å². The fraction of sp³-hybridized carbons (Fsp3) is 0.643. The van der Waals surface area contributed by atoms with Crippen molar-refractivity contribution >= 4 is 17.2 Å². The van der Waals surface area contributed by atoms with Gasteiger partial charge in [-0.15, -0.1) is 11.3 Å². The van der Waals surface area contributed by atoms with Crippen LogP contribution in [0, 0.1) is 5.92 Å². The van der Waals surface area contributed by atoms with Gasteiger partial charge in [-0.3, -0.25) is 4.79 Å². The third kappa shape index (κ3) is 3.82. The maximum absolute atomic E-state index is 12.1. The van der Waals surface area contributed by atoms with Gasteiger partial charge >= 0.3 is 0 Å². The van der Waals surface area contributed by atoms with Crippen molar-refractivity contribution in [1.29, 1.82) is 0 Å². The van der Waals surface area contributed by atoms with Gasteiger partial charge < -0.3 is 10.4 Å². The highest BCUT2D eigenvalue weighted by atomic mass is 32.1. The second-order valence-corrected chi connectivity index (χ2v) is 6.41. The molecule has 2 N–H and O–H groups in total. The maximum atomic E-state index is 12.1. The van der Waals surface area contributed by atoms with E-state index in [0.29, 0.717) is 13.0 Å². The molecule has 0 aliphatic carbocycles. The Bertz CT molecular complexity index is 371. The molecule has 1 heterocycles. The summed E-state index contributed by atoms with van der Waals surface area (Å²) >= 11 is 1.59. The molecule has 0 bridgehead atoms. The number of hydrogen-bond donors (Lipinski definition) is 2. The maximum Gasteiger partial charge on any atom is 0.230 e. The van der Waals surface area contributed by atoms with E-state index < -0.39 is 5.41 Å². The van der Waals surface area contributed by atoms with Crippen molar-refractivity contribution in [1.82, 2.24) is 5.32 Å². The molecule has 0 spiro atoms. The first kappa shape index (κ1) is 15.2. The summed E-state index contributed by atoms with van der Waals surface area (Å²) < 4.78 is 0. The summed E-state index contributed by atoms with van der Waals surface area (Å²) in [6.45, 7) is 8.32. The SMILES string of the molecule is CC(C)C(O)CCNC(=O)C(C)(C)c1cccs1. The topological polar surface area (TPSA) is 49.3 Å². The normalized spacial score (nSPS) is 13.7. The molecule has 4 heteroatoms. The van der Waals surface area contributed by atoms with Crippen molar-refractivity contribution in [2.24, 2.45) is 5.92 Å². The van der Waals surface area contributed by atoms with Gasteiger partial charge in [0.1, 0.15) is 0 Å². The Hall–Kier alpha value is -0.870. The van der Waals surface area contributed by atoms with Crippen molar-refractivity contribution in [2.75, 3.05) is 6.54 Å². The average molecular weight is 269 g/mol. The number of nitrogens with one attached hydrogen (secondary N) is 1. The van der Waals surface area contributed by atoms with Gasteiger partial charge in [-0.2, -0.15) is 0 Å². The minimum atomic E-state index is -0.503. The fourth-order valence-corrected chi connectivity index (χ4v) is 2.48. The van der Waals surface area contributed by atoms with Crippen LogP contribution in [0.5, 0.6) is 0 Å². The number of amides is 1.